The van der Waals surface area contributed by atoms with Crippen LogP contribution in [-0.4, -0.2) is 40.3 Å². The summed E-state index contributed by atoms with van der Waals surface area (Å²) in [7, 11) is -3.43. The molecule has 41 heavy (non-hydrogen) atoms. The van der Waals surface area contributed by atoms with Crippen molar-refractivity contribution in [2.24, 2.45) is 0 Å². The van der Waals surface area contributed by atoms with Crippen molar-refractivity contribution in [1.29, 1.82) is 0 Å². The van der Waals surface area contributed by atoms with Gasteiger partial charge < -0.3 is 5.32 Å². The van der Waals surface area contributed by atoms with E-state index >= 15 is 0 Å². The average Bonchev–Trinajstić information content (AvgIpc) is 3.42. The Bertz CT molecular complexity index is 1930. The third-order valence-corrected chi connectivity index (χ3v) is 6.65. The van der Waals surface area contributed by atoms with Crippen molar-refractivity contribution in [3.8, 4) is 11.1 Å². The molecule has 0 spiro atoms. The molecule has 5 rings (SSSR count). The first-order valence-corrected chi connectivity index (χ1v) is 13.8. The SMILES string of the molecule is CS(=O)(=O)Nc1ccc(NC(=O)c2cccc(Cn3cnc4cc(-c5cn[nH]c5C(F)(F)F)ccc4c3=O)c2)cc1. The standard InChI is InChI=1S/C27H21F3N6O4S/c1-41(39,40)35-20-8-6-19(7-9-20)33-25(37)18-4-2-3-16(11-18)14-36-15-31-23-12-17(5-10-21(23)26(36)38)22-13-32-34-24(22)27(28,29)30/h2-13,15,35H,14H2,1H3,(H,32,34)(H,33,37). The van der Waals surface area contributed by atoms with Gasteiger partial charge in [-0.3, -0.25) is 24.0 Å². The average molecular weight is 583 g/mol. The summed E-state index contributed by atoms with van der Waals surface area (Å²) in [4.78, 5) is 30.2. The lowest BCUT2D eigenvalue weighted by molar-refractivity contribution is -0.140. The quantitative estimate of drug-likeness (QED) is 0.259. The highest BCUT2D eigenvalue weighted by atomic mass is 32.2. The molecule has 0 aliphatic carbocycles. The van der Waals surface area contributed by atoms with E-state index < -0.39 is 33.4 Å². The zero-order chi connectivity index (χ0) is 29.4. The number of halogens is 3. The number of amides is 1. The molecule has 2 heterocycles. The fraction of sp³-hybridized carbons (Fsp3) is 0.111. The van der Waals surface area contributed by atoms with Crippen molar-refractivity contribution in [3.05, 3.63) is 106 Å². The number of carbonyl (C=O) groups excluding carboxylic acids is 1. The molecule has 0 aliphatic heterocycles. The van der Waals surface area contributed by atoms with Crippen molar-refractivity contribution >= 4 is 38.2 Å². The summed E-state index contributed by atoms with van der Waals surface area (Å²) in [5.74, 6) is -0.412. The van der Waals surface area contributed by atoms with Crippen molar-refractivity contribution in [3.63, 3.8) is 0 Å². The van der Waals surface area contributed by atoms with Gasteiger partial charge in [-0.05, 0) is 59.7 Å². The molecule has 2 aromatic heterocycles. The summed E-state index contributed by atoms with van der Waals surface area (Å²) in [6, 6.07) is 17.0. The van der Waals surface area contributed by atoms with Gasteiger partial charge in [0.1, 0.15) is 5.69 Å². The number of rotatable bonds is 7. The maximum absolute atomic E-state index is 13.3. The summed E-state index contributed by atoms with van der Waals surface area (Å²) >= 11 is 0. The highest BCUT2D eigenvalue weighted by Crippen LogP contribution is 2.35. The van der Waals surface area contributed by atoms with Crippen molar-refractivity contribution < 1.29 is 26.4 Å². The number of alkyl halides is 3. The van der Waals surface area contributed by atoms with E-state index in [1.807, 2.05) is 5.10 Å². The molecule has 3 N–H and O–H groups in total. The van der Waals surface area contributed by atoms with Crippen LogP contribution in [0.1, 0.15) is 21.6 Å². The van der Waals surface area contributed by atoms with E-state index in [-0.39, 0.29) is 28.6 Å². The van der Waals surface area contributed by atoms with Gasteiger partial charge in [0.2, 0.25) is 10.0 Å². The van der Waals surface area contributed by atoms with Crippen LogP contribution < -0.4 is 15.6 Å². The van der Waals surface area contributed by atoms with Gasteiger partial charge >= 0.3 is 6.18 Å². The van der Waals surface area contributed by atoms with E-state index in [2.05, 4.69) is 20.1 Å². The second-order valence-corrected chi connectivity index (χ2v) is 10.9. The molecule has 0 fully saturated rings. The Morgan fingerprint density at radius 2 is 1.76 bits per heavy atom. The van der Waals surface area contributed by atoms with E-state index in [0.29, 0.717) is 22.5 Å². The second kappa shape index (κ2) is 10.5. The van der Waals surface area contributed by atoms with Gasteiger partial charge in [0.05, 0.1) is 36.2 Å². The highest BCUT2D eigenvalue weighted by Gasteiger charge is 2.36. The van der Waals surface area contributed by atoms with Crippen LogP contribution in [0.25, 0.3) is 22.0 Å². The molecular formula is C27H21F3N6O4S. The molecule has 10 nitrogen and oxygen atoms in total. The number of nitrogens with one attached hydrogen (secondary N) is 3. The van der Waals surface area contributed by atoms with E-state index in [0.717, 1.165) is 12.5 Å². The van der Waals surface area contributed by atoms with E-state index in [1.54, 1.807) is 36.4 Å². The number of sulfonamides is 1. The topological polar surface area (TPSA) is 139 Å². The number of carbonyl (C=O) groups is 1. The molecule has 0 aliphatic rings. The molecule has 0 bridgehead atoms. The van der Waals surface area contributed by atoms with Gasteiger partial charge in [-0.2, -0.15) is 18.3 Å². The molecule has 210 valence electrons. The lowest BCUT2D eigenvalue weighted by atomic mass is 10.0. The monoisotopic (exact) mass is 582 g/mol. The Morgan fingerprint density at radius 3 is 2.46 bits per heavy atom. The maximum Gasteiger partial charge on any atom is 0.433 e. The predicted octanol–water partition coefficient (Wildman–Crippen LogP) is 4.48. The first-order chi connectivity index (χ1) is 19.4. The van der Waals surface area contributed by atoms with Gasteiger partial charge in [-0.25, -0.2) is 13.4 Å². The summed E-state index contributed by atoms with van der Waals surface area (Å²) in [6.07, 6.45) is -1.22. The minimum absolute atomic E-state index is 0.0937. The zero-order valence-electron chi connectivity index (χ0n) is 21.2. The number of H-pyrrole nitrogens is 1. The molecule has 5 aromatic rings. The number of anilines is 2. The molecule has 0 saturated carbocycles. The van der Waals surface area contributed by atoms with Crippen LogP contribution >= 0.6 is 0 Å². The molecular weight excluding hydrogens is 561 g/mol. The molecule has 0 radical (unpaired) electrons. The van der Waals surface area contributed by atoms with Crippen molar-refractivity contribution in [2.45, 2.75) is 12.7 Å². The van der Waals surface area contributed by atoms with Crippen LogP contribution in [0.15, 0.2) is 84.0 Å². The molecule has 0 saturated heterocycles. The van der Waals surface area contributed by atoms with Crippen LogP contribution in [0, 0.1) is 0 Å². The Hall–Kier alpha value is -4.98. The van der Waals surface area contributed by atoms with Crippen LogP contribution in [-0.2, 0) is 22.7 Å². The van der Waals surface area contributed by atoms with E-state index in [9.17, 15) is 31.2 Å². The van der Waals surface area contributed by atoms with Gasteiger partial charge in [-0.1, -0.05) is 18.2 Å². The van der Waals surface area contributed by atoms with Crippen LogP contribution in [0.3, 0.4) is 0 Å². The fourth-order valence-corrected chi connectivity index (χ4v) is 4.77. The first-order valence-electron chi connectivity index (χ1n) is 12.0. The zero-order valence-corrected chi connectivity index (χ0v) is 22.0. The maximum atomic E-state index is 13.3. The highest BCUT2D eigenvalue weighted by molar-refractivity contribution is 7.92. The summed E-state index contributed by atoms with van der Waals surface area (Å²) in [5, 5.41) is 8.41. The van der Waals surface area contributed by atoms with Gasteiger partial charge in [0, 0.05) is 22.5 Å². The number of hydrogen-bond donors (Lipinski definition) is 3. The van der Waals surface area contributed by atoms with Crippen LogP contribution in [0.4, 0.5) is 24.5 Å². The Morgan fingerprint density at radius 1 is 1.02 bits per heavy atom. The minimum Gasteiger partial charge on any atom is -0.322 e. The van der Waals surface area contributed by atoms with Gasteiger partial charge in [-0.15, -0.1) is 0 Å². The Labute approximate surface area is 230 Å². The van der Waals surface area contributed by atoms with Crippen LogP contribution in [0.5, 0.6) is 0 Å². The van der Waals surface area contributed by atoms with Gasteiger partial charge in [0.15, 0.2) is 0 Å². The largest absolute Gasteiger partial charge is 0.433 e. The summed E-state index contributed by atoms with van der Waals surface area (Å²) in [6.45, 7) is 0.0937. The number of nitrogens with zero attached hydrogens (tertiary/aromatic N) is 3. The van der Waals surface area contributed by atoms with Crippen molar-refractivity contribution in [1.82, 2.24) is 19.7 Å². The number of benzene rings is 3. The molecule has 0 atom stereocenters. The fourth-order valence-electron chi connectivity index (χ4n) is 4.21. The lowest BCUT2D eigenvalue weighted by Crippen LogP contribution is -2.21. The molecule has 3 aromatic carbocycles. The normalized spacial score (nSPS) is 11.9. The first kappa shape index (κ1) is 27.6. The summed E-state index contributed by atoms with van der Waals surface area (Å²) < 4.78 is 66.2. The Balaban J connectivity index is 1.34. The van der Waals surface area contributed by atoms with E-state index in [4.69, 9.17) is 0 Å². The van der Waals surface area contributed by atoms with Crippen LogP contribution in [0.2, 0.25) is 0 Å². The number of hydrogen-bond acceptors (Lipinski definition) is 6. The molecule has 0 unspecified atom stereocenters. The molecule has 1 amide bonds. The minimum atomic E-state index is -4.62. The smallest absolute Gasteiger partial charge is 0.322 e. The number of fused-ring (bicyclic) bond motifs is 1. The molecule has 14 heteroatoms. The number of aromatic nitrogens is 4. The summed E-state index contributed by atoms with van der Waals surface area (Å²) in [5.41, 5.74) is 0.662. The third-order valence-electron chi connectivity index (χ3n) is 6.05. The number of aromatic amines is 1. The Kier molecular flexibility index (Phi) is 7.09. The lowest BCUT2D eigenvalue weighted by Gasteiger charge is -2.11. The van der Waals surface area contributed by atoms with Crippen molar-refractivity contribution in [2.75, 3.05) is 16.3 Å². The van der Waals surface area contributed by atoms with Gasteiger partial charge in [0.25, 0.3) is 11.5 Å². The predicted molar refractivity (Wildman–Crippen MR) is 147 cm³/mol. The third kappa shape index (κ3) is 6.27. The van der Waals surface area contributed by atoms with E-state index in [1.165, 1.54) is 41.2 Å². The second-order valence-electron chi connectivity index (χ2n) is 9.17.